The fourth-order valence-electron chi connectivity index (χ4n) is 3.46. The minimum atomic E-state index is 0.213. The van der Waals surface area contributed by atoms with Crippen molar-refractivity contribution >= 4 is 5.91 Å². The van der Waals surface area contributed by atoms with Crippen LogP contribution in [0, 0.1) is 5.92 Å². The number of carbonyl (C=O) groups is 1. The van der Waals surface area contributed by atoms with Crippen molar-refractivity contribution in [3.8, 4) is 0 Å². The van der Waals surface area contributed by atoms with Crippen LogP contribution in [0.3, 0.4) is 0 Å². The highest BCUT2D eigenvalue weighted by atomic mass is 16.1. The fraction of sp³-hybridized carbons (Fsp3) is 0.933. The van der Waals surface area contributed by atoms with E-state index in [1.54, 1.807) is 0 Å². The summed E-state index contributed by atoms with van der Waals surface area (Å²) < 4.78 is 0. The number of hydrogen-bond donors (Lipinski definition) is 2. The summed E-state index contributed by atoms with van der Waals surface area (Å²) in [4.78, 5) is 14.3. The Hall–Kier alpha value is -0.610. The predicted octanol–water partition coefficient (Wildman–Crippen LogP) is 1.37. The van der Waals surface area contributed by atoms with Gasteiger partial charge in [-0.2, -0.15) is 0 Å². The number of nitrogens with zero attached hydrogens (tertiary/aromatic N) is 1. The molecule has 110 valence electrons. The van der Waals surface area contributed by atoms with E-state index in [1.165, 1.54) is 32.1 Å². The molecule has 0 spiro atoms. The van der Waals surface area contributed by atoms with Crippen molar-refractivity contribution in [2.24, 2.45) is 5.92 Å². The molecule has 1 heterocycles. The second-order valence-electron chi connectivity index (χ2n) is 6.50. The molecule has 0 radical (unpaired) electrons. The predicted molar refractivity (Wildman–Crippen MR) is 78.1 cm³/mol. The molecular formula is C15H29N3O. The van der Waals surface area contributed by atoms with E-state index in [4.69, 9.17) is 0 Å². The number of hydrogen-bond acceptors (Lipinski definition) is 3. The molecule has 0 aromatic heterocycles. The van der Waals surface area contributed by atoms with Gasteiger partial charge in [-0.1, -0.05) is 12.8 Å². The summed E-state index contributed by atoms with van der Waals surface area (Å²) in [5, 5.41) is 6.53. The molecule has 1 saturated heterocycles. The van der Waals surface area contributed by atoms with E-state index in [1.807, 2.05) is 0 Å². The van der Waals surface area contributed by atoms with Crippen LogP contribution in [0.15, 0.2) is 0 Å². The fourth-order valence-corrected chi connectivity index (χ4v) is 3.46. The molecule has 1 amide bonds. The lowest BCUT2D eigenvalue weighted by atomic mass is 9.95. The largest absolute Gasteiger partial charge is 0.354 e. The van der Waals surface area contributed by atoms with Gasteiger partial charge in [0.2, 0.25) is 5.91 Å². The SMILES string of the molecule is CN(C)C1(CNC(=O)CCC2CCNC2)CCCC1. The van der Waals surface area contributed by atoms with Crippen LogP contribution < -0.4 is 10.6 Å². The third-order valence-electron chi connectivity index (χ3n) is 5.04. The number of amides is 1. The van der Waals surface area contributed by atoms with E-state index >= 15 is 0 Å². The van der Waals surface area contributed by atoms with E-state index < -0.39 is 0 Å². The summed E-state index contributed by atoms with van der Waals surface area (Å²) in [6.07, 6.45) is 7.97. The number of nitrogens with one attached hydrogen (secondary N) is 2. The first-order valence-electron chi connectivity index (χ1n) is 7.77. The van der Waals surface area contributed by atoms with Crippen LogP contribution in [0.2, 0.25) is 0 Å². The van der Waals surface area contributed by atoms with Crippen LogP contribution in [0.5, 0.6) is 0 Å². The highest BCUT2D eigenvalue weighted by Crippen LogP contribution is 2.33. The molecule has 2 rings (SSSR count). The quantitative estimate of drug-likeness (QED) is 0.764. The second-order valence-corrected chi connectivity index (χ2v) is 6.50. The molecule has 1 aliphatic heterocycles. The molecule has 4 nitrogen and oxygen atoms in total. The van der Waals surface area contributed by atoms with E-state index in [0.717, 1.165) is 26.1 Å². The molecule has 1 saturated carbocycles. The van der Waals surface area contributed by atoms with E-state index in [-0.39, 0.29) is 11.4 Å². The van der Waals surface area contributed by atoms with Crippen LogP contribution in [0.25, 0.3) is 0 Å². The zero-order valence-electron chi connectivity index (χ0n) is 12.5. The summed E-state index contributed by atoms with van der Waals surface area (Å²) in [6, 6.07) is 0. The topological polar surface area (TPSA) is 44.4 Å². The van der Waals surface area contributed by atoms with E-state index in [9.17, 15) is 4.79 Å². The monoisotopic (exact) mass is 267 g/mol. The normalized spacial score (nSPS) is 25.9. The molecule has 1 unspecified atom stereocenters. The summed E-state index contributed by atoms with van der Waals surface area (Å²) in [6.45, 7) is 3.03. The van der Waals surface area contributed by atoms with Gasteiger partial charge in [0.1, 0.15) is 0 Å². The smallest absolute Gasteiger partial charge is 0.220 e. The minimum absolute atomic E-state index is 0.213. The summed E-state index contributed by atoms with van der Waals surface area (Å²) in [5.41, 5.74) is 0.213. The van der Waals surface area contributed by atoms with Gasteiger partial charge in [-0.3, -0.25) is 4.79 Å². The molecular weight excluding hydrogens is 238 g/mol. The van der Waals surface area contributed by atoms with Crippen molar-refractivity contribution in [1.82, 2.24) is 15.5 Å². The Morgan fingerprint density at radius 1 is 1.37 bits per heavy atom. The van der Waals surface area contributed by atoms with Crippen LogP contribution in [0.1, 0.15) is 44.9 Å². The number of rotatable bonds is 6. The van der Waals surface area contributed by atoms with Crippen molar-refractivity contribution in [1.29, 1.82) is 0 Å². The molecule has 1 aliphatic carbocycles. The Morgan fingerprint density at radius 2 is 2.11 bits per heavy atom. The molecule has 2 N–H and O–H groups in total. The summed E-state index contributed by atoms with van der Waals surface area (Å²) in [5.74, 6) is 0.945. The lowest BCUT2D eigenvalue weighted by molar-refractivity contribution is -0.122. The number of carbonyl (C=O) groups excluding carboxylic acids is 1. The van der Waals surface area contributed by atoms with E-state index in [2.05, 4.69) is 29.6 Å². The average Bonchev–Trinajstić information content (AvgIpc) is 3.05. The average molecular weight is 267 g/mol. The molecule has 2 aliphatic rings. The molecule has 0 aromatic carbocycles. The molecule has 19 heavy (non-hydrogen) atoms. The summed E-state index contributed by atoms with van der Waals surface area (Å²) in [7, 11) is 4.28. The zero-order valence-corrected chi connectivity index (χ0v) is 12.5. The van der Waals surface area contributed by atoms with E-state index in [0.29, 0.717) is 12.3 Å². The van der Waals surface area contributed by atoms with Crippen molar-refractivity contribution in [3.63, 3.8) is 0 Å². The zero-order chi connectivity index (χ0) is 13.7. The minimum Gasteiger partial charge on any atom is -0.354 e. The van der Waals surface area contributed by atoms with Crippen LogP contribution in [-0.2, 0) is 4.79 Å². The van der Waals surface area contributed by atoms with Gasteiger partial charge in [0, 0.05) is 18.5 Å². The van der Waals surface area contributed by atoms with Gasteiger partial charge >= 0.3 is 0 Å². The van der Waals surface area contributed by atoms with Crippen LogP contribution in [-0.4, -0.2) is 50.1 Å². The van der Waals surface area contributed by atoms with Crippen molar-refractivity contribution < 1.29 is 4.79 Å². The summed E-state index contributed by atoms with van der Waals surface area (Å²) >= 11 is 0. The Morgan fingerprint density at radius 3 is 2.68 bits per heavy atom. The molecule has 1 atom stereocenters. The molecule has 0 bridgehead atoms. The van der Waals surface area contributed by atoms with Gasteiger partial charge in [-0.05, 0) is 58.8 Å². The first-order valence-corrected chi connectivity index (χ1v) is 7.77. The maximum atomic E-state index is 12.0. The van der Waals surface area contributed by atoms with Crippen molar-refractivity contribution in [3.05, 3.63) is 0 Å². The van der Waals surface area contributed by atoms with Crippen LogP contribution in [0.4, 0.5) is 0 Å². The Balaban J connectivity index is 1.69. The maximum Gasteiger partial charge on any atom is 0.220 e. The Kier molecular flexibility index (Phi) is 5.22. The lowest BCUT2D eigenvalue weighted by Crippen LogP contribution is -2.50. The van der Waals surface area contributed by atoms with Crippen LogP contribution >= 0.6 is 0 Å². The van der Waals surface area contributed by atoms with Crippen molar-refractivity contribution in [2.75, 3.05) is 33.7 Å². The van der Waals surface area contributed by atoms with Crippen molar-refractivity contribution in [2.45, 2.75) is 50.5 Å². The van der Waals surface area contributed by atoms with Gasteiger partial charge in [0.05, 0.1) is 0 Å². The Labute approximate surface area is 117 Å². The van der Waals surface area contributed by atoms with Gasteiger partial charge in [0.25, 0.3) is 0 Å². The number of likely N-dealkylation sites (N-methyl/N-ethyl adjacent to an activating group) is 1. The molecule has 4 heteroatoms. The third-order valence-corrected chi connectivity index (χ3v) is 5.04. The highest BCUT2D eigenvalue weighted by molar-refractivity contribution is 5.75. The highest BCUT2D eigenvalue weighted by Gasteiger charge is 2.36. The Bertz CT molecular complexity index is 292. The molecule has 0 aromatic rings. The lowest BCUT2D eigenvalue weighted by Gasteiger charge is -2.36. The second kappa shape index (κ2) is 6.71. The standard InChI is InChI=1S/C15H29N3O/c1-18(2)15(8-3-4-9-15)12-17-14(19)6-5-13-7-10-16-11-13/h13,16H,3-12H2,1-2H3,(H,17,19). The first kappa shape index (κ1) is 14.8. The maximum absolute atomic E-state index is 12.0. The van der Waals surface area contributed by atoms with Gasteiger partial charge in [-0.25, -0.2) is 0 Å². The third kappa shape index (κ3) is 3.93. The van der Waals surface area contributed by atoms with Gasteiger partial charge < -0.3 is 15.5 Å². The first-order chi connectivity index (χ1) is 9.12. The van der Waals surface area contributed by atoms with Gasteiger partial charge in [-0.15, -0.1) is 0 Å². The molecule has 2 fully saturated rings. The van der Waals surface area contributed by atoms with Gasteiger partial charge in [0.15, 0.2) is 0 Å².